The highest BCUT2D eigenvalue weighted by molar-refractivity contribution is 7.20. The average Bonchev–Trinajstić information content (AvgIpc) is 3.29. The van der Waals surface area contributed by atoms with E-state index in [1.54, 1.807) is 30.5 Å². The smallest absolute Gasteiger partial charge is 0.261 e. The van der Waals surface area contributed by atoms with E-state index in [0.29, 0.717) is 23.0 Å². The minimum absolute atomic E-state index is 0.182. The van der Waals surface area contributed by atoms with Crippen LogP contribution in [0.3, 0.4) is 0 Å². The second-order valence-electron chi connectivity index (χ2n) is 6.16. The summed E-state index contributed by atoms with van der Waals surface area (Å²) < 4.78 is 18.4. The zero-order valence-electron chi connectivity index (χ0n) is 14.7. The lowest BCUT2D eigenvalue weighted by molar-refractivity contribution is 0.0954. The molecular weight excluding hydrogens is 365 g/mol. The number of carbonyl (C=O) groups excluding carboxylic acids is 1. The lowest BCUT2D eigenvalue weighted by atomic mass is 10.1. The van der Waals surface area contributed by atoms with Gasteiger partial charge < -0.3 is 9.73 Å². The number of amides is 1. The molecule has 3 aromatic heterocycles. The lowest BCUT2D eigenvalue weighted by Gasteiger charge is -2.05. The number of furan rings is 1. The molecule has 4 rings (SSSR count). The number of hydrogen-bond acceptors (Lipinski definition) is 5. The molecule has 0 fully saturated rings. The maximum atomic E-state index is 13.0. The fraction of sp³-hybridized carbons (Fsp3) is 0.150. The highest BCUT2D eigenvalue weighted by Crippen LogP contribution is 2.33. The quantitative estimate of drug-likeness (QED) is 0.559. The van der Waals surface area contributed by atoms with E-state index in [9.17, 15) is 9.18 Å². The van der Waals surface area contributed by atoms with Gasteiger partial charge in [0.2, 0.25) is 0 Å². The predicted octanol–water partition coefficient (Wildman–Crippen LogP) is 4.64. The summed E-state index contributed by atoms with van der Waals surface area (Å²) in [5, 5.41) is 3.77. The molecule has 0 radical (unpaired) electrons. The first-order valence-electron chi connectivity index (χ1n) is 8.37. The lowest BCUT2D eigenvalue weighted by Crippen LogP contribution is -2.22. The van der Waals surface area contributed by atoms with E-state index < -0.39 is 0 Å². The number of fused-ring (bicyclic) bond motifs is 1. The van der Waals surface area contributed by atoms with E-state index in [4.69, 9.17) is 4.42 Å². The molecule has 0 bridgehead atoms. The van der Waals surface area contributed by atoms with Crippen molar-refractivity contribution in [2.75, 3.05) is 0 Å². The number of rotatable bonds is 4. The standard InChI is InChI=1S/C20H16FN3O2S/c1-11-16-12(2)23-18(15-4-3-9-26-15)24-20(16)27-17(11)19(25)22-10-13-5-7-14(21)8-6-13/h3-9H,10H2,1-2H3,(H,22,25). The van der Waals surface area contributed by atoms with Gasteiger partial charge in [0.15, 0.2) is 11.6 Å². The molecule has 5 nitrogen and oxygen atoms in total. The first kappa shape index (κ1) is 17.4. The van der Waals surface area contributed by atoms with Crippen molar-refractivity contribution >= 4 is 27.5 Å². The van der Waals surface area contributed by atoms with Crippen LogP contribution in [-0.4, -0.2) is 15.9 Å². The molecule has 0 atom stereocenters. The Hall–Kier alpha value is -3.06. The van der Waals surface area contributed by atoms with Crippen LogP contribution in [0, 0.1) is 19.7 Å². The zero-order valence-corrected chi connectivity index (χ0v) is 15.6. The first-order chi connectivity index (χ1) is 13.0. The molecule has 7 heteroatoms. The largest absolute Gasteiger partial charge is 0.461 e. The summed E-state index contributed by atoms with van der Waals surface area (Å²) in [5.41, 5.74) is 2.49. The Morgan fingerprint density at radius 2 is 1.96 bits per heavy atom. The van der Waals surface area contributed by atoms with Gasteiger partial charge in [0, 0.05) is 11.9 Å². The van der Waals surface area contributed by atoms with Crippen LogP contribution in [0.15, 0.2) is 47.1 Å². The van der Waals surface area contributed by atoms with Gasteiger partial charge in [-0.2, -0.15) is 0 Å². The normalized spacial score (nSPS) is 11.1. The third-order valence-electron chi connectivity index (χ3n) is 4.29. The van der Waals surface area contributed by atoms with Crippen molar-refractivity contribution in [3.05, 3.63) is 70.2 Å². The fourth-order valence-corrected chi connectivity index (χ4v) is 4.08. The number of halogens is 1. The van der Waals surface area contributed by atoms with E-state index in [-0.39, 0.29) is 11.7 Å². The second-order valence-corrected chi connectivity index (χ2v) is 7.15. The molecule has 0 aliphatic rings. The molecule has 4 aromatic rings. The topological polar surface area (TPSA) is 68.0 Å². The summed E-state index contributed by atoms with van der Waals surface area (Å²) >= 11 is 1.33. The van der Waals surface area contributed by atoms with E-state index in [1.165, 1.54) is 23.5 Å². The van der Waals surface area contributed by atoms with Gasteiger partial charge in [-0.3, -0.25) is 4.79 Å². The molecule has 136 valence electrons. The van der Waals surface area contributed by atoms with Gasteiger partial charge in [-0.1, -0.05) is 12.1 Å². The Balaban J connectivity index is 1.63. The number of aromatic nitrogens is 2. The van der Waals surface area contributed by atoms with Gasteiger partial charge in [-0.15, -0.1) is 11.3 Å². The molecule has 0 unspecified atom stereocenters. The monoisotopic (exact) mass is 381 g/mol. The highest BCUT2D eigenvalue weighted by atomic mass is 32.1. The molecule has 1 aromatic carbocycles. The molecule has 0 saturated heterocycles. The zero-order chi connectivity index (χ0) is 19.0. The number of thiophene rings is 1. The van der Waals surface area contributed by atoms with Crippen molar-refractivity contribution in [1.29, 1.82) is 0 Å². The summed E-state index contributed by atoms with van der Waals surface area (Å²) in [4.78, 5) is 23.1. The van der Waals surface area contributed by atoms with Gasteiger partial charge >= 0.3 is 0 Å². The maximum absolute atomic E-state index is 13.0. The third-order valence-corrected chi connectivity index (χ3v) is 5.47. The molecule has 0 saturated carbocycles. The van der Waals surface area contributed by atoms with Gasteiger partial charge in [0.05, 0.1) is 16.8 Å². The SMILES string of the molecule is Cc1nc(-c2ccco2)nc2sc(C(=O)NCc3ccc(F)cc3)c(C)c12. The van der Waals surface area contributed by atoms with Crippen LogP contribution >= 0.6 is 11.3 Å². The number of benzene rings is 1. The summed E-state index contributed by atoms with van der Waals surface area (Å²) in [6.07, 6.45) is 1.58. The minimum Gasteiger partial charge on any atom is -0.461 e. The summed E-state index contributed by atoms with van der Waals surface area (Å²) in [6.45, 7) is 4.13. The molecule has 3 heterocycles. The van der Waals surface area contributed by atoms with Crippen LogP contribution in [0.4, 0.5) is 4.39 Å². The molecular formula is C20H16FN3O2S. The Bertz CT molecular complexity index is 1120. The van der Waals surface area contributed by atoms with Crippen molar-refractivity contribution in [2.24, 2.45) is 0 Å². The third kappa shape index (κ3) is 3.33. The molecule has 0 spiro atoms. The minimum atomic E-state index is -0.299. The predicted molar refractivity (Wildman–Crippen MR) is 102 cm³/mol. The number of aryl methyl sites for hydroxylation is 2. The van der Waals surface area contributed by atoms with E-state index in [1.807, 2.05) is 13.8 Å². The highest BCUT2D eigenvalue weighted by Gasteiger charge is 2.20. The van der Waals surface area contributed by atoms with Crippen molar-refractivity contribution in [2.45, 2.75) is 20.4 Å². The number of hydrogen-bond donors (Lipinski definition) is 1. The van der Waals surface area contributed by atoms with Crippen LogP contribution in [0.5, 0.6) is 0 Å². The van der Waals surface area contributed by atoms with Crippen LogP contribution < -0.4 is 5.32 Å². The van der Waals surface area contributed by atoms with Gasteiger partial charge in [-0.05, 0) is 49.2 Å². The first-order valence-corrected chi connectivity index (χ1v) is 9.19. The summed E-state index contributed by atoms with van der Waals surface area (Å²) in [7, 11) is 0. The van der Waals surface area contributed by atoms with Crippen molar-refractivity contribution in [3.63, 3.8) is 0 Å². The fourth-order valence-electron chi connectivity index (χ4n) is 2.94. The number of nitrogens with one attached hydrogen (secondary N) is 1. The summed E-state index contributed by atoms with van der Waals surface area (Å²) in [5.74, 6) is 0.614. The Kier molecular flexibility index (Phi) is 4.45. The van der Waals surface area contributed by atoms with Crippen LogP contribution in [0.2, 0.25) is 0 Å². The van der Waals surface area contributed by atoms with E-state index in [2.05, 4.69) is 15.3 Å². The molecule has 0 aliphatic carbocycles. The molecule has 27 heavy (non-hydrogen) atoms. The van der Waals surface area contributed by atoms with Gasteiger partial charge in [-0.25, -0.2) is 14.4 Å². The van der Waals surface area contributed by atoms with Crippen molar-refractivity contribution in [1.82, 2.24) is 15.3 Å². The maximum Gasteiger partial charge on any atom is 0.261 e. The second kappa shape index (κ2) is 6.92. The van der Waals surface area contributed by atoms with E-state index in [0.717, 1.165) is 27.0 Å². The van der Waals surface area contributed by atoms with Crippen molar-refractivity contribution in [3.8, 4) is 11.6 Å². The number of nitrogens with zero attached hydrogens (tertiary/aromatic N) is 2. The van der Waals surface area contributed by atoms with Gasteiger partial charge in [0.25, 0.3) is 5.91 Å². The van der Waals surface area contributed by atoms with Crippen LogP contribution in [-0.2, 0) is 6.54 Å². The molecule has 1 N–H and O–H groups in total. The molecule has 0 aliphatic heterocycles. The van der Waals surface area contributed by atoms with E-state index >= 15 is 0 Å². The Morgan fingerprint density at radius 1 is 1.19 bits per heavy atom. The van der Waals surface area contributed by atoms with Gasteiger partial charge in [0.1, 0.15) is 10.6 Å². The van der Waals surface area contributed by atoms with Crippen LogP contribution in [0.25, 0.3) is 21.8 Å². The summed E-state index contributed by atoms with van der Waals surface area (Å²) in [6, 6.07) is 9.64. The average molecular weight is 381 g/mol. The Labute approximate surface area is 158 Å². The molecule has 1 amide bonds. The van der Waals surface area contributed by atoms with Crippen LogP contribution in [0.1, 0.15) is 26.5 Å². The Morgan fingerprint density at radius 3 is 2.67 bits per heavy atom. The van der Waals surface area contributed by atoms with Crippen molar-refractivity contribution < 1.29 is 13.6 Å². The number of carbonyl (C=O) groups is 1.